The van der Waals surface area contributed by atoms with Crippen molar-refractivity contribution >= 4 is 40.7 Å². The third-order valence-electron chi connectivity index (χ3n) is 3.68. The zero-order valence-electron chi connectivity index (χ0n) is 15.5. The Morgan fingerprint density at radius 3 is 2.32 bits per heavy atom. The van der Waals surface area contributed by atoms with Crippen molar-refractivity contribution < 1.29 is 19.0 Å². The van der Waals surface area contributed by atoms with Gasteiger partial charge in [-0.1, -0.05) is 12.1 Å². The van der Waals surface area contributed by atoms with E-state index in [0.29, 0.717) is 31.2 Å². The van der Waals surface area contributed by atoms with E-state index in [1.807, 2.05) is 12.1 Å². The summed E-state index contributed by atoms with van der Waals surface area (Å²) < 4.78 is 25.1. The molecule has 0 aliphatic heterocycles. The quantitative estimate of drug-likeness (QED) is 0.411. The Bertz CT molecular complexity index is 694. The van der Waals surface area contributed by atoms with Crippen molar-refractivity contribution in [3.63, 3.8) is 0 Å². The summed E-state index contributed by atoms with van der Waals surface area (Å²) in [5.41, 5.74) is 1.94. The summed E-state index contributed by atoms with van der Waals surface area (Å²) in [6, 6.07) is 10.1. The van der Waals surface area contributed by atoms with E-state index in [0.717, 1.165) is 28.7 Å². The fourth-order valence-corrected chi connectivity index (χ4v) is 2.97. The lowest BCUT2D eigenvalue weighted by molar-refractivity contribution is 0.282. The number of hydrogen-bond acceptors (Lipinski definition) is 5. The molecule has 0 aliphatic rings. The summed E-state index contributed by atoms with van der Waals surface area (Å²) in [5.74, 6) is 0.984. The van der Waals surface area contributed by atoms with Gasteiger partial charge >= 0.3 is 0 Å². The lowest BCUT2D eigenvalue weighted by atomic mass is 10.2. The van der Waals surface area contributed by atoms with Gasteiger partial charge in [-0.05, 0) is 51.3 Å². The fraction of sp³-hybridized carbons (Fsp3) is 0.368. The summed E-state index contributed by atoms with van der Waals surface area (Å²) in [6.07, 6.45) is 0. The van der Waals surface area contributed by atoms with Crippen LogP contribution >= 0.6 is 40.7 Å². The number of nitrogens with one attached hydrogen (secondary N) is 2. The summed E-state index contributed by atoms with van der Waals surface area (Å²) in [7, 11) is 1.60. The Labute approximate surface area is 186 Å². The van der Waals surface area contributed by atoms with Gasteiger partial charge in [0.2, 0.25) is 0 Å². The fourth-order valence-electron chi connectivity index (χ4n) is 2.37. The first kappa shape index (κ1) is 26.9. The van der Waals surface area contributed by atoms with Gasteiger partial charge in [0.1, 0.15) is 12.4 Å². The highest BCUT2D eigenvalue weighted by atomic mass is 79.9. The van der Waals surface area contributed by atoms with Crippen molar-refractivity contribution in [1.29, 1.82) is 0 Å². The molecular weight excluding hydrogens is 474 g/mol. The second-order valence-electron chi connectivity index (χ2n) is 5.67. The molecule has 9 heteroatoms. The van der Waals surface area contributed by atoms with E-state index in [1.54, 1.807) is 19.2 Å². The smallest absolute Gasteiger partial charge is 0.175 e. The Balaban J connectivity index is 0.00000364. The molecule has 0 aromatic heterocycles. The average Bonchev–Trinajstić information content (AvgIpc) is 2.64. The lowest BCUT2D eigenvalue weighted by Crippen LogP contribution is -2.28. The van der Waals surface area contributed by atoms with Crippen LogP contribution in [0.4, 0.5) is 4.39 Å². The first-order valence-electron chi connectivity index (χ1n) is 8.40. The molecule has 2 rings (SSSR count). The molecule has 2 aromatic rings. The molecule has 0 bridgehead atoms. The molecule has 0 spiro atoms. The first-order chi connectivity index (χ1) is 12.6. The van der Waals surface area contributed by atoms with Gasteiger partial charge in [0, 0.05) is 26.2 Å². The minimum absolute atomic E-state index is 0. The second kappa shape index (κ2) is 14.8. The van der Waals surface area contributed by atoms with E-state index >= 15 is 0 Å². The van der Waals surface area contributed by atoms with Gasteiger partial charge in [-0.3, -0.25) is 0 Å². The van der Waals surface area contributed by atoms with Crippen molar-refractivity contribution in [2.75, 3.05) is 33.4 Å². The van der Waals surface area contributed by atoms with Crippen molar-refractivity contribution in [3.8, 4) is 11.5 Å². The Hall–Kier alpha value is -1.09. The predicted octanol–water partition coefficient (Wildman–Crippen LogP) is 3.69. The van der Waals surface area contributed by atoms with E-state index in [1.165, 1.54) is 12.1 Å². The molecule has 0 amide bonds. The van der Waals surface area contributed by atoms with Gasteiger partial charge in [-0.2, -0.15) is 0 Å². The SMILES string of the molecule is COc1cc(CNCCNCCO)cc(Br)c1OCc1ccc(F)cc1.Cl.Cl. The summed E-state index contributed by atoms with van der Waals surface area (Å²) in [6.45, 7) is 3.34. The Kier molecular flexibility index (Phi) is 14.3. The molecule has 0 heterocycles. The molecule has 0 atom stereocenters. The third kappa shape index (κ3) is 8.94. The minimum atomic E-state index is -0.268. The highest BCUT2D eigenvalue weighted by molar-refractivity contribution is 9.10. The van der Waals surface area contributed by atoms with Crippen molar-refractivity contribution in [2.24, 2.45) is 0 Å². The number of halogens is 4. The molecule has 2 aromatic carbocycles. The second-order valence-corrected chi connectivity index (χ2v) is 6.53. The maximum Gasteiger partial charge on any atom is 0.175 e. The van der Waals surface area contributed by atoms with Gasteiger partial charge in [-0.15, -0.1) is 24.8 Å². The number of rotatable bonds is 11. The predicted molar refractivity (Wildman–Crippen MR) is 118 cm³/mol. The van der Waals surface area contributed by atoms with Gasteiger partial charge in [0.05, 0.1) is 18.2 Å². The zero-order chi connectivity index (χ0) is 18.8. The number of hydrogen-bond donors (Lipinski definition) is 3. The van der Waals surface area contributed by atoms with Crippen LogP contribution in [0.15, 0.2) is 40.9 Å². The van der Waals surface area contributed by atoms with Crippen LogP contribution in [0.2, 0.25) is 0 Å². The number of benzene rings is 2. The molecule has 0 saturated carbocycles. The van der Waals surface area contributed by atoms with Crippen LogP contribution < -0.4 is 20.1 Å². The largest absolute Gasteiger partial charge is 0.493 e. The average molecular weight is 500 g/mol. The van der Waals surface area contributed by atoms with E-state index < -0.39 is 0 Å². The van der Waals surface area contributed by atoms with Crippen molar-refractivity contribution in [2.45, 2.75) is 13.2 Å². The van der Waals surface area contributed by atoms with E-state index in [2.05, 4.69) is 26.6 Å². The molecule has 28 heavy (non-hydrogen) atoms. The van der Waals surface area contributed by atoms with Gasteiger partial charge in [0.25, 0.3) is 0 Å². The standard InChI is InChI=1S/C19H24BrFN2O3.2ClH/c1-25-18-11-15(12-23-7-6-22-8-9-24)10-17(20)19(18)26-13-14-2-4-16(21)5-3-14;;/h2-5,10-11,22-24H,6-9,12-13H2,1H3;2*1H. The van der Waals surface area contributed by atoms with Crippen LogP contribution in [0, 0.1) is 5.82 Å². The monoisotopic (exact) mass is 498 g/mol. The maximum atomic E-state index is 13.0. The number of aliphatic hydroxyl groups excluding tert-OH is 1. The summed E-state index contributed by atoms with van der Waals surface area (Å²) in [5, 5.41) is 15.1. The molecule has 158 valence electrons. The van der Waals surface area contributed by atoms with Crippen LogP contribution in [0.3, 0.4) is 0 Å². The van der Waals surface area contributed by atoms with Gasteiger partial charge in [0.15, 0.2) is 11.5 Å². The number of methoxy groups -OCH3 is 1. The van der Waals surface area contributed by atoms with Crippen LogP contribution in [-0.2, 0) is 13.2 Å². The summed E-state index contributed by atoms with van der Waals surface area (Å²) in [4.78, 5) is 0. The van der Waals surface area contributed by atoms with Gasteiger partial charge in [-0.25, -0.2) is 4.39 Å². The number of ether oxygens (including phenoxy) is 2. The molecular formula is C19H26BrCl2FN2O3. The highest BCUT2D eigenvalue weighted by Crippen LogP contribution is 2.37. The van der Waals surface area contributed by atoms with Crippen LogP contribution in [-0.4, -0.2) is 38.5 Å². The highest BCUT2D eigenvalue weighted by Gasteiger charge is 2.12. The van der Waals surface area contributed by atoms with Crippen LogP contribution in [0.1, 0.15) is 11.1 Å². The minimum Gasteiger partial charge on any atom is -0.493 e. The van der Waals surface area contributed by atoms with E-state index in [4.69, 9.17) is 14.6 Å². The zero-order valence-corrected chi connectivity index (χ0v) is 18.8. The third-order valence-corrected chi connectivity index (χ3v) is 4.27. The van der Waals surface area contributed by atoms with Crippen molar-refractivity contribution in [3.05, 3.63) is 57.8 Å². The maximum absolute atomic E-state index is 13.0. The molecule has 5 nitrogen and oxygen atoms in total. The molecule has 3 N–H and O–H groups in total. The normalized spacial score (nSPS) is 10.0. The molecule has 0 radical (unpaired) electrons. The Morgan fingerprint density at radius 1 is 1.00 bits per heavy atom. The Morgan fingerprint density at radius 2 is 1.68 bits per heavy atom. The van der Waals surface area contributed by atoms with E-state index in [9.17, 15) is 4.39 Å². The van der Waals surface area contributed by atoms with E-state index in [-0.39, 0.29) is 37.2 Å². The number of aliphatic hydroxyl groups is 1. The molecule has 0 aliphatic carbocycles. The van der Waals surface area contributed by atoms with Crippen LogP contribution in [0.5, 0.6) is 11.5 Å². The van der Waals surface area contributed by atoms with Gasteiger partial charge < -0.3 is 25.2 Å². The first-order valence-corrected chi connectivity index (χ1v) is 9.19. The molecule has 0 saturated heterocycles. The van der Waals surface area contributed by atoms with Crippen molar-refractivity contribution in [1.82, 2.24) is 10.6 Å². The summed E-state index contributed by atoms with van der Waals surface area (Å²) >= 11 is 3.53. The molecule has 0 fully saturated rings. The molecule has 0 unspecified atom stereocenters. The van der Waals surface area contributed by atoms with Crippen LogP contribution in [0.25, 0.3) is 0 Å². The lowest BCUT2D eigenvalue weighted by Gasteiger charge is -2.15. The topological polar surface area (TPSA) is 62.8 Å².